The van der Waals surface area contributed by atoms with E-state index in [9.17, 15) is 4.79 Å². The number of ether oxygens (including phenoxy) is 1. The Morgan fingerprint density at radius 1 is 1.73 bits per heavy atom. The van der Waals surface area contributed by atoms with E-state index in [0.29, 0.717) is 5.88 Å². The number of alkyl halides is 1. The predicted octanol–water partition coefficient (Wildman–Crippen LogP) is 1.88. The molecule has 3 heteroatoms. The van der Waals surface area contributed by atoms with E-state index in [1.807, 2.05) is 6.92 Å². The summed E-state index contributed by atoms with van der Waals surface area (Å²) in [4.78, 5) is 10.7. The minimum Gasteiger partial charge on any atom is -0.452 e. The van der Waals surface area contributed by atoms with Crippen molar-refractivity contribution >= 4 is 17.6 Å². The second kappa shape index (κ2) is 3.26. The molecule has 0 saturated heterocycles. The first-order chi connectivity index (χ1) is 5.16. The number of carbonyl (C=O) groups is 1. The molecule has 1 aliphatic heterocycles. The summed E-state index contributed by atoms with van der Waals surface area (Å²) in [7, 11) is 0. The highest BCUT2D eigenvalue weighted by Gasteiger charge is 2.29. The highest BCUT2D eigenvalue weighted by molar-refractivity contribution is 6.17. The van der Waals surface area contributed by atoms with Crippen LogP contribution in [0.25, 0.3) is 0 Å². The molecule has 1 aliphatic rings. The fraction of sp³-hybridized carbons (Fsp3) is 0.625. The van der Waals surface area contributed by atoms with E-state index in [4.69, 9.17) is 16.3 Å². The van der Waals surface area contributed by atoms with Gasteiger partial charge in [0.2, 0.25) is 0 Å². The maximum atomic E-state index is 10.7. The van der Waals surface area contributed by atoms with Gasteiger partial charge >= 0.3 is 5.97 Å². The van der Waals surface area contributed by atoms with Gasteiger partial charge in [0, 0.05) is 12.0 Å². The van der Waals surface area contributed by atoms with Crippen molar-refractivity contribution in [3.63, 3.8) is 0 Å². The molecule has 0 aromatic heterocycles. The van der Waals surface area contributed by atoms with E-state index in [1.54, 1.807) is 6.08 Å². The van der Waals surface area contributed by atoms with Gasteiger partial charge in [0.1, 0.15) is 5.60 Å². The van der Waals surface area contributed by atoms with Gasteiger partial charge < -0.3 is 4.74 Å². The van der Waals surface area contributed by atoms with Crippen LogP contribution in [-0.2, 0) is 9.53 Å². The summed E-state index contributed by atoms with van der Waals surface area (Å²) in [5.41, 5.74) is -0.397. The maximum Gasteiger partial charge on any atom is 0.331 e. The van der Waals surface area contributed by atoms with Crippen molar-refractivity contribution in [2.24, 2.45) is 0 Å². The van der Waals surface area contributed by atoms with E-state index >= 15 is 0 Å². The zero-order valence-corrected chi connectivity index (χ0v) is 7.23. The molecule has 1 rings (SSSR count). The molecule has 1 unspecified atom stereocenters. The van der Waals surface area contributed by atoms with Gasteiger partial charge in [-0.15, -0.1) is 11.6 Å². The maximum absolute atomic E-state index is 10.7. The zero-order valence-electron chi connectivity index (χ0n) is 6.47. The minimum atomic E-state index is -0.397. The van der Waals surface area contributed by atoms with E-state index in [1.165, 1.54) is 6.08 Å². The lowest BCUT2D eigenvalue weighted by Gasteiger charge is -2.20. The van der Waals surface area contributed by atoms with Gasteiger partial charge in [-0.1, -0.05) is 0 Å². The highest BCUT2D eigenvalue weighted by atomic mass is 35.5. The third kappa shape index (κ3) is 2.22. The van der Waals surface area contributed by atoms with Crippen LogP contribution in [0.4, 0.5) is 0 Å². The monoisotopic (exact) mass is 174 g/mol. The Bertz CT molecular complexity index is 189. The fourth-order valence-electron chi connectivity index (χ4n) is 1.09. The number of esters is 1. The lowest BCUT2D eigenvalue weighted by Crippen LogP contribution is -2.23. The van der Waals surface area contributed by atoms with Gasteiger partial charge in [-0.25, -0.2) is 4.79 Å². The molecule has 0 bridgehead atoms. The Balaban J connectivity index is 2.43. The van der Waals surface area contributed by atoms with Gasteiger partial charge in [-0.2, -0.15) is 0 Å². The number of halogens is 1. The van der Waals surface area contributed by atoms with Crippen LogP contribution in [0.3, 0.4) is 0 Å². The quantitative estimate of drug-likeness (QED) is 0.483. The van der Waals surface area contributed by atoms with Crippen molar-refractivity contribution in [3.8, 4) is 0 Å². The first-order valence-electron chi connectivity index (χ1n) is 3.64. The first-order valence-corrected chi connectivity index (χ1v) is 4.18. The summed E-state index contributed by atoms with van der Waals surface area (Å²) in [5.74, 6) is 0.364. The molecular formula is C8H11ClO2. The number of rotatable bonds is 3. The van der Waals surface area contributed by atoms with Crippen LogP contribution >= 0.6 is 11.6 Å². The van der Waals surface area contributed by atoms with Gasteiger partial charge in [0.25, 0.3) is 0 Å². The normalized spacial score (nSPS) is 29.1. The Morgan fingerprint density at radius 2 is 2.45 bits per heavy atom. The molecule has 0 saturated carbocycles. The average molecular weight is 175 g/mol. The molecule has 0 N–H and O–H groups in total. The SMILES string of the molecule is CC1(CCCCl)C=CC(=O)O1. The third-order valence-electron chi connectivity index (χ3n) is 1.71. The second-order valence-corrected chi connectivity index (χ2v) is 3.24. The van der Waals surface area contributed by atoms with Crippen molar-refractivity contribution in [3.05, 3.63) is 12.2 Å². The van der Waals surface area contributed by atoms with Crippen LogP contribution in [0.1, 0.15) is 19.8 Å². The standard InChI is InChI=1S/C8H11ClO2/c1-8(4-2-6-9)5-3-7(10)11-8/h3,5H,2,4,6H2,1H3. The van der Waals surface area contributed by atoms with E-state index < -0.39 is 5.60 Å². The van der Waals surface area contributed by atoms with Crippen LogP contribution in [0.15, 0.2) is 12.2 Å². The lowest BCUT2D eigenvalue weighted by atomic mass is 10.0. The Kier molecular flexibility index (Phi) is 2.55. The second-order valence-electron chi connectivity index (χ2n) is 2.86. The summed E-state index contributed by atoms with van der Waals surface area (Å²) in [5, 5.41) is 0. The summed E-state index contributed by atoms with van der Waals surface area (Å²) in [6.45, 7) is 1.89. The Labute approximate surface area is 71.2 Å². The van der Waals surface area contributed by atoms with Crippen molar-refractivity contribution in [1.29, 1.82) is 0 Å². The van der Waals surface area contributed by atoms with Gasteiger partial charge in [-0.05, 0) is 25.8 Å². The smallest absolute Gasteiger partial charge is 0.331 e. The molecule has 0 aromatic rings. The summed E-state index contributed by atoms with van der Waals surface area (Å²) in [6.07, 6.45) is 4.94. The Hall–Kier alpha value is -0.500. The Morgan fingerprint density at radius 3 is 2.91 bits per heavy atom. The number of hydrogen-bond donors (Lipinski definition) is 0. The van der Waals surface area contributed by atoms with Crippen LogP contribution < -0.4 is 0 Å². The van der Waals surface area contributed by atoms with E-state index in [2.05, 4.69) is 0 Å². The highest BCUT2D eigenvalue weighted by Crippen LogP contribution is 2.24. The molecule has 0 fully saturated rings. The molecule has 1 heterocycles. The lowest BCUT2D eigenvalue weighted by molar-refractivity contribution is -0.144. The van der Waals surface area contributed by atoms with E-state index in [-0.39, 0.29) is 5.97 Å². The first kappa shape index (κ1) is 8.60. The van der Waals surface area contributed by atoms with Crippen molar-refractivity contribution < 1.29 is 9.53 Å². The zero-order chi connectivity index (χ0) is 8.32. The van der Waals surface area contributed by atoms with Crippen LogP contribution in [-0.4, -0.2) is 17.5 Å². The number of hydrogen-bond acceptors (Lipinski definition) is 2. The van der Waals surface area contributed by atoms with Crippen LogP contribution in [0.5, 0.6) is 0 Å². The van der Waals surface area contributed by atoms with Gasteiger partial charge in [0.05, 0.1) is 0 Å². The van der Waals surface area contributed by atoms with Crippen LogP contribution in [0, 0.1) is 0 Å². The molecule has 1 atom stereocenters. The molecule has 0 radical (unpaired) electrons. The minimum absolute atomic E-state index is 0.248. The molecule has 2 nitrogen and oxygen atoms in total. The van der Waals surface area contributed by atoms with Gasteiger partial charge in [-0.3, -0.25) is 0 Å². The summed E-state index contributed by atoms with van der Waals surface area (Å²) >= 11 is 5.51. The van der Waals surface area contributed by atoms with Crippen LogP contribution in [0.2, 0.25) is 0 Å². The van der Waals surface area contributed by atoms with Crippen molar-refractivity contribution in [2.45, 2.75) is 25.4 Å². The molecule has 0 amide bonds. The largest absolute Gasteiger partial charge is 0.452 e. The molecular weight excluding hydrogens is 164 g/mol. The van der Waals surface area contributed by atoms with Gasteiger partial charge in [0.15, 0.2) is 0 Å². The summed E-state index contributed by atoms with van der Waals surface area (Å²) in [6, 6.07) is 0. The van der Waals surface area contributed by atoms with Crippen molar-refractivity contribution in [1.82, 2.24) is 0 Å². The molecule has 0 aliphatic carbocycles. The molecule has 0 spiro atoms. The molecule has 0 aromatic carbocycles. The van der Waals surface area contributed by atoms with Crippen molar-refractivity contribution in [2.75, 3.05) is 5.88 Å². The molecule has 62 valence electrons. The predicted molar refractivity (Wildman–Crippen MR) is 43.6 cm³/mol. The molecule has 11 heavy (non-hydrogen) atoms. The number of cyclic esters (lactones) is 1. The topological polar surface area (TPSA) is 26.3 Å². The summed E-state index contributed by atoms with van der Waals surface area (Å²) < 4.78 is 5.04. The third-order valence-corrected chi connectivity index (χ3v) is 1.98. The fourth-order valence-corrected chi connectivity index (χ4v) is 1.23. The number of carbonyl (C=O) groups excluding carboxylic acids is 1. The van der Waals surface area contributed by atoms with E-state index in [0.717, 1.165) is 12.8 Å². The average Bonchev–Trinajstić information content (AvgIpc) is 2.28.